The zero-order valence-electron chi connectivity index (χ0n) is 7.05. The molecule has 5 nitrogen and oxygen atoms in total. The van der Waals surface area contributed by atoms with Gasteiger partial charge < -0.3 is 4.74 Å². The van der Waals surface area contributed by atoms with Crippen molar-refractivity contribution in [2.75, 3.05) is 0 Å². The van der Waals surface area contributed by atoms with Crippen molar-refractivity contribution < 1.29 is 9.53 Å². The minimum absolute atomic E-state index is 0.234. The van der Waals surface area contributed by atoms with Gasteiger partial charge in [0.25, 0.3) is 0 Å². The number of hydrogen-bond acceptors (Lipinski definition) is 3. The SMILES string of the molecule is [N-]=[N+]=Nc1ccc(COC(=O)I)cc1. The van der Waals surface area contributed by atoms with Crippen LogP contribution in [0.1, 0.15) is 5.56 Å². The highest BCUT2D eigenvalue weighted by molar-refractivity contribution is 14.1. The van der Waals surface area contributed by atoms with Crippen molar-refractivity contribution in [1.82, 2.24) is 0 Å². The minimum atomic E-state index is -0.346. The van der Waals surface area contributed by atoms with Crippen molar-refractivity contribution in [2.45, 2.75) is 6.61 Å². The fourth-order valence-electron chi connectivity index (χ4n) is 0.851. The maximum atomic E-state index is 10.5. The molecule has 0 bridgehead atoms. The van der Waals surface area contributed by atoms with Crippen LogP contribution in [0.5, 0.6) is 0 Å². The third kappa shape index (κ3) is 3.63. The van der Waals surface area contributed by atoms with Crippen molar-refractivity contribution >= 4 is 32.3 Å². The second-order valence-corrected chi connectivity index (χ2v) is 3.26. The van der Waals surface area contributed by atoms with E-state index >= 15 is 0 Å². The first-order valence-corrected chi connectivity index (χ1v) is 4.76. The van der Waals surface area contributed by atoms with Gasteiger partial charge in [-0.25, -0.2) is 4.79 Å². The monoisotopic (exact) mass is 303 g/mol. The Kier molecular flexibility index (Phi) is 4.21. The summed E-state index contributed by atoms with van der Waals surface area (Å²) in [6.07, 6.45) is 0. The predicted molar refractivity (Wildman–Crippen MR) is 59.5 cm³/mol. The second kappa shape index (κ2) is 5.46. The number of benzene rings is 1. The third-order valence-electron chi connectivity index (χ3n) is 1.45. The van der Waals surface area contributed by atoms with Crippen LogP contribution in [0, 0.1) is 0 Å². The Bertz CT molecular complexity index is 371. The molecule has 0 aliphatic heterocycles. The molecule has 14 heavy (non-hydrogen) atoms. The molecular formula is C8H6IN3O2. The molecule has 0 aromatic heterocycles. The molecule has 1 aromatic rings. The topological polar surface area (TPSA) is 75.1 Å². The lowest BCUT2D eigenvalue weighted by atomic mass is 10.2. The molecule has 1 aromatic carbocycles. The normalized spacial score (nSPS) is 8.93. The lowest BCUT2D eigenvalue weighted by molar-refractivity contribution is 0.172. The smallest absolute Gasteiger partial charge is 0.367 e. The molecule has 72 valence electrons. The summed E-state index contributed by atoms with van der Waals surface area (Å²) in [5.74, 6) is 0. The Hall–Kier alpha value is -1.27. The van der Waals surface area contributed by atoms with Gasteiger partial charge in [0.05, 0.1) is 22.6 Å². The van der Waals surface area contributed by atoms with Gasteiger partial charge in [0.1, 0.15) is 6.61 Å². The van der Waals surface area contributed by atoms with Crippen LogP contribution < -0.4 is 0 Å². The van der Waals surface area contributed by atoms with Crippen LogP contribution in [0.3, 0.4) is 0 Å². The van der Waals surface area contributed by atoms with E-state index in [2.05, 4.69) is 10.0 Å². The lowest BCUT2D eigenvalue weighted by Gasteiger charge is -2.00. The van der Waals surface area contributed by atoms with Crippen molar-refractivity contribution in [2.24, 2.45) is 5.11 Å². The maximum absolute atomic E-state index is 10.5. The summed E-state index contributed by atoms with van der Waals surface area (Å²) in [4.78, 5) is 13.1. The van der Waals surface area contributed by atoms with Crippen molar-refractivity contribution in [3.05, 3.63) is 40.3 Å². The zero-order valence-corrected chi connectivity index (χ0v) is 9.21. The first-order chi connectivity index (χ1) is 6.72. The number of hydrogen-bond donors (Lipinski definition) is 0. The van der Waals surface area contributed by atoms with Crippen molar-refractivity contribution in [3.63, 3.8) is 0 Å². The van der Waals surface area contributed by atoms with Gasteiger partial charge in [0.15, 0.2) is 0 Å². The molecule has 0 aliphatic rings. The molecule has 6 heteroatoms. The van der Waals surface area contributed by atoms with E-state index in [1.54, 1.807) is 46.9 Å². The van der Waals surface area contributed by atoms with Gasteiger partial charge in [-0.1, -0.05) is 29.4 Å². The third-order valence-corrected chi connectivity index (χ3v) is 1.76. The predicted octanol–water partition coefficient (Wildman–Crippen LogP) is 3.70. The quantitative estimate of drug-likeness (QED) is 0.281. The molecule has 0 unspecified atom stereocenters. The molecule has 0 heterocycles. The summed E-state index contributed by atoms with van der Waals surface area (Å²) in [5, 5.41) is 3.41. The molecule has 0 fully saturated rings. The molecular weight excluding hydrogens is 297 g/mol. The van der Waals surface area contributed by atoms with E-state index in [1.165, 1.54) is 0 Å². The molecule has 0 spiro atoms. The summed E-state index contributed by atoms with van der Waals surface area (Å²) in [5.41, 5.74) is 9.55. The first kappa shape index (κ1) is 10.8. The average Bonchev–Trinajstić information content (AvgIpc) is 2.17. The molecule has 0 aliphatic carbocycles. The number of rotatable bonds is 3. The Morgan fingerprint density at radius 1 is 1.50 bits per heavy atom. The maximum Gasteiger partial charge on any atom is 0.367 e. The van der Waals surface area contributed by atoms with Gasteiger partial charge in [0.2, 0.25) is 0 Å². The summed E-state index contributed by atoms with van der Waals surface area (Å²) < 4.78 is 4.43. The fraction of sp³-hybridized carbons (Fsp3) is 0.125. The second-order valence-electron chi connectivity index (χ2n) is 2.38. The van der Waals surface area contributed by atoms with Gasteiger partial charge in [0, 0.05) is 10.6 Å². The average molecular weight is 303 g/mol. The molecule has 0 saturated heterocycles. The van der Waals surface area contributed by atoms with Crippen molar-refractivity contribution in [3.8, 4) is 0 Å². The Morgan fingerprint density at radius 3 is 2.64 bits per heavy atom. The summed E-state index contributed by atoms with van der Waals surface area (Å²) >= 11 is 1.56. The van der Waals surface area contributed by atoms with Gasteiger partial charge in [-0.05, 0) is 11.1 Å². The van der Waals surface area contributed by atoms with Gasteiger partial charge in [-0.3, -0.25) is 0 Å². The molecule has 0 atom stereocenters. The van der Waals surface area contributed by atoms with E-state index in [4.69, 9.17) is 10.3 Å². The van der Waals surface area contributed by atoms with Gasteiger partial charge >= 0.3 is 3.98 Å². The van der Waals surface area contributed by atoms with Crippen LogP contribution in [0.25, 0.3) is 10.4 Å². The summed E-state index contributed by atoms with van der Waals surface area (Å²) in [6.45, 7) is 0.234. The van der Waals surface area contributed by atoms with Crippen LogP contribution in [0.4, 0.5) is 10.5 Å². The number of carbonyl (C=O) groups is 1. The Balaban J connectivity index is 2.63. The van der Waals surface area contributed by atoms with Crippen molar-refractivity contribution in [1.29, 1.82) is 0 Å². The molecule has 0 radical (unpaired) electrons. The Labute approximate surface area is 93.8 Å². The molecule has 0 N–H and O–H groups in total. The van der Waals surface area contributed by atoms with Gasteiger partial charge in [-0.15, -0.1) is 0 Å². The Morgan fingerprint density at radius 2 is 2.14 bits per heavy atom. The number of carbonyl (C=O) groups excluding carboxylic acids is 1. The first-order valence-electron chi connectivity index (χ1n) is 3.68. The van der Waals surface area contributed by atoms with Gasteiger partial charge in [-0.2, -0.15) is 0 Å². The lowest BCUT2D eigenvalue weighted by Crippen LogP contribution is -1.93. The van der Waals surface area contributed by atoms with E-state index in [-0.39, 0.29) is 10.6 Å². The summed E-state index contributed by atoms with van der Waals surface area (Å²) in [6, 6.07) is 6.80. The number of halogens is 1. The van der Waals surface area contributed by atoms with Crippen LogP contribution in [-0.2, 0) is 11.3 Å². The minimum Gasteiger partial charge on any atom is -0.453 e. The zero-order chi connectivity index (χ0) is 10.4. The highest BCUT2D eigenvalue weighted by Crippen LogP contribution is 2.13. The standard InChI is InChI=1S/C8H6IN3O2/c9-8(13)14-5-6-1-3-7(4-2-6)11-12-10/h1-4H,5H2. The van der Waals surface area contributed by atoms with E-state index < -0.39 is 0 Å². The van der Waals surface area contributed by atoms with E-state index in [0.717, 1.165) is 5.56 Å². The molecule has 0 amide bonds. The summed E-state index contributed by atoms with van der Waals surface area (Å²) in [7, 11) is 0. The van der Waals surface area contributed by atoms with Crippen LogP contribution in [0.2, 0.25) is 0 Å². The number of ether oxygens (including phenoxy) is 1. The molecule has 0 saturated carbocycles. The number of azide groups is 1. The highest BCUT2D eigenvalue weighted by atomic mass is 127. The molecule has 1 rings (SSSR count). The van der Waals surface area contributed by atoms with Crippen LogP contribution >= 0.6 is 22.6 Å². The highest BCUT2D eigenvalue weighted by Gasteiger charge is 1.96. The van der Waals surface area contributed by atoms with E-state index in [1.807, 2.05) is 0 Å². The largest absolute Gasteiger partial charge is 0.453 e. The number of nitrogens with zero attached hydrogens (tertiary/aromatic N) is 3. The van der Waals surface area contributed by atoms with Crippen LogP contribution in [-0.4, -0.2) is 3.98 Å². The fourth-order valence-corrected chi connectivity index (χ4v) is 1.01. The van der Waals surface area contributed by atoms with E-state index in [9.17, 15) is 4.79 Å². The van der Waals surface area contributed by atoms with E-state index in [0.29, 0.717) is 5.69 Å². The van der Waals surface area contributed by atoms with Crippen LogP contribution in [0.15, 0.2) is 29.4 Å².